The second kappa shape index (κ2) is 10.2. The van der Waals surface area contributed by atoms with Gasteiger partial charge in [-0.3, -0.25) is 4.90 Å². The van der Waals surface area contributed by atoms with Crippen LogP contribution in [0.3, 0.4) is 0 Å². The number of ether oxygens (including phenoxy) is 1. The van der Waals surface area contributed by atoms with Gasteiger partial charge in [0.2, 0.25) is 0 Å². The molecule has 0 saturated carbocycles. The van der Waals surface area contributed by atoms with Gasteiger partial charge >= 0.3 is 0 Å². The number of benzene rings is 1. The molecule has 2 N–H and O–H groups in total. The van der Waals surface area contributed by atoms with Gasteiger partial charge in [0.05, 0.1) is 12.7 Å². The van der Waals surface area contributed by atoms with Gasteiger partial charge in [-0.25, -0.2) is 0 Å². The molecule has 1 aliphatic heterocycles. The summed E-state index contributed by atoms with van der Waals surface area (Å²) in [6, 6.07) is 5.74. The van der Waals surface area contributed by atoms with Crippen LogP contribution >= 0.6 is 24.8 Å². The molecule has 1 fully saturated rings. The Hall–Kier alpha value is -0.680. The van der Waals surface area contributed by atoms with Gasteiger partial charge in [-0.15, -0.1) is 24.8 Å². The van der Waals surface area contributed by atoms with Crippen molar-refractivity contribution >= 4 is 24.8 Å². The molecule has 0 aliphatic carbocycles. The van der Waals surface area contributed by atoms with E-state index in [1.165, 1.54) is 0 Å². The molecule has 0 bridgehead atoms. The van der Waals surface area contributed by atoms with E-state index in [-0.39, 0.29) is 30.9 Å². The smallest absolute Gasteiger partial charge is 0.127 e. The van der Waals surface area contributed by atoms with Gasteiger partial charge in [-0.1, -0.05) is 26.3 Å². The number of methoxy groups -OCH3 is 1. The number of nitrogens with zero attached hydrogens (tertiary/aromatic N) is 1. The van der Waals surface area contributed by atoms with Crippen LogP contribution < -0.4 is 10.1 Å². The third-order valence-electron chi connectivity index (χ3n) is 4.29. The molecule has 0 aromatic heterocycles. The lowest BCUT2D eigenvalue weighted by Crippen LogP contribution is -2.46. The van der Waals surface area contributed by atoms with Crippen molar-refractivity contribution in [1.82, 2.24) is 10.2 Å². The monoisotopic (exact) mass is 350 g/mol. The van der Waals surface area contributed by atoms with Crippen molar-refractivity contribution in [1.29, 1.82) is 0 Å². The standard InChI is InChI=1S/C16H26N2O2.2ClH/c1-4-12(2)16(18-10-8-17-9-11-18)15-13(19)6-5-7-14(15)20-3;;/h5-7,12,16-17,19H,4,8-11H2,1-3H3;2*1H/t12?,16-;;/m1../s1. The third-order valence-corrected chi connectivity index (χ3v) is 4.29. The highest BCUT2D eigenvalue weighted by atomic mass is 35.5. The van der Waals surface area contributed by atoms with E-state index in [0.717, 1.165) is 43.9 Å². The second-order valence-corrected chi connectivity index (χ2v) is 5.51. The lowest BCUT2D eigenvalue weighted by molar-refractivity contribution is 0.123. The summed E-state index contributed by atoms with van der Waals surface area (Å²) in [4.78, 5) is 2.46. The fourth-order valence-corrected chi connectivity index (χ4v) is 3.02. The molecule has 6 heteroatoms. The number of piperazine rings is 1. The Morgan fingerprint density at radius 1 is 1.27 bits per heavy atom. The highest BCUT2D eigenvalue weighted by molar-refractivity contribution is 5.85. The average Bonchev–Trinajstić information content (AvgIpc) is 2.50. The lowest BCUT2D eigenvalue weighted by atomic mass is 9.89. The molecule has 0 radical (unpaired) electrons. The molecule has 1 aromatic rings. The Morgan fingerprint density at radius 2 is 1.91 bits per heavy atom. The summed E-state index contributed by atoms with van der Waals surface area (Å²) < 4.78 is 5.49. The summed E-state index contributed by atoms with van der Waals surface area (Å²) in [5.74, 6) is 1.59. The number of hydrogen-bond donors (Lipinski definition) is 2. The number of phenolic OH excluding ortho intramolecular Hbond substituents is 1. The quantitative estimate of drug-likeness (QED) is 0.855. The maximum Gasteiger partial charge on any atom is 0.127 e. The summed E-state index contributed by atoms with van der Waals surface area (Å²) in [5, 5.41) is 13.7. The first-order valence-corrected chi connectivity index (χ1v) is 7.49. The van der Waals surface area contributed by atoms with Crippen LogP contribution in [0.5, 0.6) is 11.5 Å². The molecule has 2 rings (SSSR count). The summed E-state index contributed by atoms with van der Waals surface area (Å²) in [6.45, 7) is 8.47. The van der Waals surface area contributed by atoms with Crippen LogP contribution in [0.1, 0.15) is 31.9 Å². The maximum atomic E-state index is 10.3. The normalized spacial score (nSPS) is 17.8. The zero-order valence-electron chi connectivity index (χ0n) is 13.5. The third kappa shape index (κ3) is 4.66. The molecule has 0 spiro atoms. The Labute approximate surface area is 146 Å². The number of hydrogen-bond acceptors (Lipinski definition) is 4. The van der Waals surface area contributed by atoms with Crippen LogP contribution in [-0.2, 0) is 0 Å². The van der Waals surface area contributed by atoms with Crippen molar-refractivity contribution in [2.75, 3.05) is 33.3 Å². The van der Waals surface area contributed by atoms with Crippen molar-refractivity contribution in [3.8, 4) is 11.5 Å². The zero-order chi connectivity index (χ0) is 14.5. The zero-order valence-corrected chi connectivity index (χ0v) is 15.2. The topological polar surface area (TPSA) is 44.7 Å². The van der Waals surface area contributed by atoms with E-state index in [9.17, 15) is 5.11 Å². The predicted molar refractivity (Wildman–Crippen MR) is 95.8 cm³/mol. The Morgan fingerprint density at radius 3 is 2.45 bits per heavy atom. The van der Waals surface area contributed by atoms with E-state index in [0.29, 0.717) is 11.7 Å². The Balaban J connectivity index is 0.00000220. The van der Waals surface area contributed by atoms with E-state index in [2.05, 4.69) is 24.1 Å². The van der Waals surface area contributed by atoms with Gasteiger partial charge in [-0.2, -0.15) is 0 Å². The molecule has 1 aromatic carbocycles. The molecule has 1 heterocycles. The van der Waals surface area contributed by atoms with Gasteiger partial charge in [0.25, 0.3) is 0 Å². The molecule has 2 atom stereocenters. The number of halogens is 2. The molecule has 4 nitrogen and oxygen atoms in total. The van der Waals surface area contributed by atoms with Crippen LogP contribution in [0.15, 0.2) is 18.2 Å². The van der Waals surface area contributed by atoms with Gasteiger partial charge in [-0.05, 0) is 18.1 Å². The maximum absolute atomic E-state index is 10.3. The molecule has 1 aliphatic rings. The van der Waals surface area contributed by atoms with Crippen LogP contribution in [0.4, 0.5) is 0 Å². The molecular formula is C16H28Cl2N2O2. The Kier molecular flexibility index (Phi) is 9.85. The number of phenols is 1. The van der Waals surface area contributed by atoms with Crippen molar-refractivity contribution < 1.29 is 9.84 Å². The van der Waals surface area contributed by atoms with Crippen molar-refractivity contribution in [2.45, 2.75) is 26.3 Å². The highest BCUT2D eigenvalue weighted by Gasteiger charge is 2.30. The summed E-state index contributed by atoms with van der Waals surface area (Å²) in [5.41, 5.74) is 0.936. The van der Waals surface area contributed by atoms with Crippen molar-refractivity contribution in [3.05, 3.63) is 23.8 Å². The van der Waals surface area contributed by atoms with Crippen molar-refractivity contribution in [3.63, 3.8) is 0 Å². The first-order chi connectivity index (χ1) is 9.69. The first kappa shape index (κ1) is 21.3. The van der Waals surface area contributed by atoms with E-state index in [4.69, 9.17) is 4.74 Å². The first-order valence-electron chi connectivity index (χ1n) is 7.49. The predicted octanol–water partition coefficient (Wildman–Crippen LogP) is 3.24. The SMILES string of the molecule is CCC(C)[C@H](c1c(O)cccc1OC)N1CCNCC1.Cl.Cl. The van der Waals surface area contributed by atoms with Gasteiger partial charge in [0, 0.05) is 32.2 Å². The second-order valence-electron chi connectivity index (χ2n) is 5.51. The molecule has 1 unspecified atom stereocenters. The van der Waals surface area contributed by atoms with Gasteiger partial charge in [0.15, 0.2) is 0 Å². The van der Waals surface area contributed by atoms with E-state index in [1.54, 1.807) is 13.2 Å². The van der Waals surface area contributed by atoms with Gasteiger partial charge in [0.1, 0.15) is 11.5 Å². The van der Waals surface area contributed by atoms with E-state index < -0.39 is 0 Å². The highest BCUT2D eigenvalue weighted by Crippen LogP contribution is 2.41. The summed E-state index contributed by atoms with van der Waals surface area (Å²) >= 11 is 0. The van der Waals surface area contributed by atoms with Crippen LogP contribution in [-0.4, -0.2) is 43.3 Å². The minimum Gasteiger partial charge on any atom is -0.507 e. The van der Waals surface area contributed by atoms with Crippen molar-refractivity contribution in [2.24, 2.45) is 5.92 Å². The minimum atomic E-state index is 0. The van der Waals surface area contributed by atoms with Crippen LogP contribution in [0.2, 0.25) is 0 Å². The van der Waals surface area contributed by atoms with Crippen LogP contribution in [0, 0.1) is 5.92 Å². The summed E-state index contributed by atoms with van der Waals surface area (Å²) in [7, 11) is 1.67. The molecule has 1 saturated heterocycles. The fourth-order valence-electron chi connectivity index (χ4n) is 3.02. The average molecular weight is 351 g/mol. The number of nitrogens with one attached hydrogen (secondary N) is 1. The fraction of sp³-hybridized carbons (Fsp3) is 0.625. The summed E-state index contributed by atoms with van der Waals surface area (Å²) in [6.07, 6.45) is 1.08. The molecule has 128 valence electrons. The van der Waals surface area contributed by atoms with Gasteiger partial charge < -0.3 is 15.2 Å². The van der Waals surface area contributed by atoms with Crippen LogP contribution in [0.25, 0.3) is 0 Å². The lowest BCUT2D eigenvalue weighted by Gasteiger charge is -2.39. The molecule has 0 amide bonds. The minimum absolute atomic E-state index is 0. The molecular weight excluding hydrogens is 323 g/mol. The number of aromatic hydroxyl groups is 1. The number of rotatable bonds is 5. The molecule has 22 heavy (non-hydrogen) atoms. The van der Waals surface area contributed by atoms with E-state index >= 15 is 0 Å². The van der Waals surface area contributed by atoms with E-state index in [1.807, 2.05) is 12.1 Å². The Bertz CT molecular complexity index is 440. The largest absolute Gasteiger partial charge is 0.507 e.